The maximum atomic E-state index is 12.6. The number of nitrogens with zero attached hydrogens (tertiary/aromatic N) is 3. The van der Waals surface area contributed by atoms with Gasteiger partial charge in [-0.15, -0.1) is 0 Å². The van der Waals surface area contributed by atoms with E-state index in [0.29, 0.717) is 24.4 Å². The molecule has 3 aliphatic heterocycles. The summed E-state index contributed by atoms with van der Waals surface area (Å²) < 4.78 is 0. The molecule has 4 nitrogen and oxygen atoms in total. The summed E-state index contributed by atoms with van der Waals surface area (Å²) in [5.41, 5.74) is 3.49. The number of fused-ring (bicyclic) bond motifs is 3. The third-order valence-electron chi connectivity index (χ3n) is 6.67. The molecule has 0 radical (unpaired) electrons. The molecule has 3 aliphatic rings. The van der Waals surface area contributed by atoms with Gasteiger partial charge in [0.2, 0.25) is 5.91 Å². The lowest BCUT2D eigenvalue weighted by molar-refractivity contribution is -0.129. The molecule has 0 N–H and O–H groups in total. The number of benzene rings is 1. The second-order valence-electron chi connectivity index (χ2n) is 8.21. The fraction of sp³-hybridized carbons (Fsp3) is 0.591. The van der Waals surface area contributed by atoms with Gasteiger partial charge in [-0.2, -0.15) is 0 Å². The number of hydrogen-bond donors (Lipinski definition) is 0. The van der Waals surface area contributed by atoms with E-state index in [4.69, 9.17) is 11.6 Å². The van der Waals surface area contributed by atoms with Crippen LogP contribution in [0.4, 0.5) is 5.69 Å². The number of likely N-dealkylation sites (tertiary alicyclic amines) is 1. The van der Waals surface area contributed by atoms with Gasteiger partial charge in [0.1, 0.15) is 0 Å². The smallest absolute Gasteiger partial charge is 0.224 e. The first-order valence-electron chi connectivity index (χ1n) is 10.3. The third-order valence-corrected chi connectivity index (χ3v) is 6.91. The Balaban J connectivity index is 1.59. The molecule has 2 atom stereocenters. The van der Waals surface area contributed by atoms with Crippen molar-refractivity contribution in [3.05, 3.63) is 35.4 Å². The van der Waals surface area contributed by atoms with Crippen LogP contribution in [0.1, 0.15) is 44.1 Å². The van der Waals surface area contributed by atoms with Crippen molar-refractivity contribution in [3.63, 3.8) is 0 Å². The summed E-state index contributed by atoms with van der Waals surface area (Å²) in [5, 5.41) is 0.749. The zero-order valence-corrected chi connectivity index (χ0v) is 17.0. The van der Waals surface area contributed by atoms with E-state index in [9.17, 15) is 4.79 Å². The summed E-state index contributed by atoms with van der Waals surface area (Å²) in [7, 11) is 2.23. The minimum Gasteiger partial charge on any atom is -0.370 e. The van der Waals surface area contributed by atoms with Gasteiger partial charge in [0.05, 0.1) is 0 Å². The highest BCUT2D eigenvalue weighted by atomic mass is 35.5. The minimum atomic E-state index is 0.292. The van der Waals surface area contributed by atoms with E-state index in [0.717, 1.165) is 61.6 Å². The molecular formula is C22H30ClN3O. The largest absolute Gasteiger partial charge is 0.370 e. The number of halogens is 1. The molecule has 27 heavy (non-hydrogen) atoms. The summed E-state index contributed by atoms with van der Waals surface area (Å²) in [5.74, 6) is 0.292. The van der Waals surface area contributed by atoms with Crippen LogP contribution in [0.5, 0.6) is 0 Å². The van der Waals surface area contributed by atoms with E-state index >= 15 is 0 Å². The molecule has 2 unspecified atom stereocenters. The second-order valence-corrected chi connectivity index (χ2v) is 8.65. The first kappa shape index (κ1) is 18.8. The minimum absolute atomic E-state index is 0.292. The Morgan fingerprint density at radius 3 is 2.74 bits per heavy atom. The van der Waals surface area contributed by atoms with E-state index in [2.05, 4.69) is 35.6 Å². The van der Waals surface area contributed by atoms with Gasteiger partial charge in [-0.05, 0) is 62.9 Å². The quantitative estimate of drug-likeness (QED) is 0.783. The lowest BCUT2D eigenvalue weighted by Crippen LogP contribution is -2.36. The van der Waals surface area contributed by atoms with Crippen molar-refractivity contribution >= 4 is 28.8 Å². The van der Waals surface area contributed by atoms with E-state index in [1.807, 2.05) is 11.0 Å². The van der Waals surface area contributed by atoms with Crippen molar-refractivity contribution in [3.8, 4) is 0 Å². The van der Waals surface area contributed by atoms with Crippen LogP contribution >= 0.6 is 11.6 Å². The molecule has 0 aliphatic carbocycles. The Bertz CT molecular complexity index is 728. The summed E-state index contributed by atoms with van der Waals surface area (Å²) >= 11 is 6.34. The lowest BCUT2D eigenvalue weighted by Gasteiger charge is -2.29. The fourth-order valence-electron chi connectivity index (χ4n) is 5.01. The predicted molar refractivity (Wildman–Crippen MR) is 112 cm³/mol. The van der Waals surface area contributed by atoms with Crippen LogP contribution in [0.25, 0.3) is 5.57 Å². The summed E-state index contributed by atoms with van der Waals surface area (Å²) in [6.07, 6.45) is 6.38. The summed E-state index contributed by atoms with van der Waals surface area (Å²) in [4.78, 5) is 19.5. The molecule has 1 amide bonds. The summed E-state index contributed by atoms with van der Waals surface area (Å²) in [6, 6.07) is 7.11. The lowest BCUT2D eigenvalue weighted by atomic mass is 9.95. The Hall–Kier alpha value is -1.52. The van der Waals surface area contributed by atoms with Gasteiger partial charge < -0.3 is 9.80 Å². The topological polar surface area (TPSA) is 26.8 Å². The number of carbonyl (C=O) groups excluding carboxylic acids is 1. The number of anilines is 1. The van der Waals surface area contributed by atoms with Gasteiger partial charge in [0, 0.05) is 61.0 Å². The molecule has 1 aromatic carbocycles. The molecule has 2 fully saturated rings. The van der Waals surface area contributed by atoms with Crippen LogP contribution in [-0.4, -0.2) is 61.0 Å². The summed E-state index contributed by atoms with van der Waals surface area (Å²) in [6.45, 7) is 8.05. The van der Waals surface area contributed by atoms with Crippen LogP contribution < -0.4 is 4.90 Å². The highest BCUT2D eigenvalue weighted by molar-refractivity contribution is 6.30. The highest BCUT2D eigenvalue weighted by Gasteiger charge is 2.35. The first-order chi connectivity index (χ1) is 13.0. The van der Waals surface area contributed by atoms with Gasteiger partial charge in [0.25, 0.3) is 0 Å². The molecule has 0 saturated carbocycles. The monoisotopic (exact) mass is 387 g/mol. The fourth-order valence-corrected chi connectivity index (χ4v) is 5.19. The van der Waals surface area contributed by atoms with Gasteiger partial charge in [0.15, 0.2) is 0 Å². The van der Waals surface area contributed by atoms with Crippen molar-refractivity contribution in [2.45, 2.75) is 50.6 Å². The number of likely N-dealkylation sites (N-methyl/N-ethyl adjacent to an activating group) is 1. The molecule has 146 valence electrons. The Labute approximate surface area is 167 Å². The zero-order valence-electron chi connectivity index (χ0n) is 16.3. The predicted octanol–water partition coefficient (Wildman–Crippen LogP) is 4.04. The van der Waals surface area contributed by atoms with Crippen molar-refractivity contribution in [2.24, 2.45) is 0 Å². The number of amides is 1. The molecular weight excluding hydrogens is 358 g/mol. The molecule has 0 spiro atoms. The Kier molecular flexibility index (Phi) is 5.47. The van der Waals surface area contributed by atoms with Crippen molar-refractivity contribution in [2.75, 3.05) is 38.1 Å². The van der Waals surface area contributed by atoms with E-state index < -0.39 is 0 Å². The highest BCUT2D eigenvalue weighted by Crippen LogP contribution is 2.39. The third kappa shape index (κ3) is 3.74. The van der Waals surface area contributed by atoms with Gasteiger partial charge >= 0.3 is 0 Å². The van der Waals surface area contributed by atoms with E-state index in [-0.39, 0.29) is 0 Å². The number of rotatable bonds is 3. The van der Waals surface area contributed by atoms with Crippen LogP contribution in [-0.2, 0) is 4.79 Å². The molecule has 2 bridgehead atoms. The molecule has 0 aromatic heterocycles. The van der Waals surface area contributed by atoms with Gasteiger partial charge in [-0.1, -0.05) is 18.2 Å². The molecule has 3 heterocycles. The van der Waals surface area contributed by atoms with Crippen LogP contribution in [0, 0.1) is 0 Å². The number of carbonyl (C=O) groups is 1. The molecule has 4 rings (SSSR count). The normalized spacial score (nSPS) is 25.9. The van der Waals surface area contributed by atoms with Crippen LogP contribution in [0.2, 0.25) is 5.02 Å². The SMILES string of the molecule is C=C1c2cc(Cl)ccc2N(CCC(=O)N2CCCC2)CCC2CCC1N2C. The van der Waals surface area contributed by atoms with Crippen molar-refractivity contribution in [1.82, 2.24) is 9.80 Å². The number of hydrogen-bond acceptors (Lipinski definition) is 3. The average Bonchev–Trinajstić information content (AvgIpc) is 3.32. The maximum absolute atomic E-state index is 12.6. The van der Waals surface area contributed by atoms with E-state index in [1.165, 1.54) is 18.5 Å². The van der Waals surface area contributed by atoms with E-state index in [1.54, 1.807) is 0 Å². The Morgan fingerprint density at radius 2 is 1.96 bits per heavy atom. The zero-order chi connectivity index (χ0) is 19.0. The second kappa shape index (κ2) is 7.84. The average molecular weight is 388 g/mol. The standard InChI is InChI=1S/C22H30ClN3O/c1-16-19-15-17(23)5-7-21(19)25(13-9-18-6-8-20(16)24(18)2)14-10-22(27)26-11-3-4-12-26/h5,7,15,18,20H,1,3-4,6,8-14H2,2H3. The maximum Gasteiger partial charge on any atom is 0.224 e. The first-order valence-corrected chi connectivity index (χ1v) is 10.7. The van der Waals surface area contributed by atoms with Crippen LogP contribution in [0.15, 0.2) is 24.8 Å². The van der Waals surface area contributed by atoms with Crippen LogP contribution in [0.3, 0.4) is 0 Å². The molecule has 5 heteroatoms. The van der Waals surface area contributed by atoms with Crippen molar-refractivity contribution in [1.29, 1.82) is 0 Å². The van der Waals surface area contributed by atoms with Crippen molar-refractivity contribution < 1.29 is 4.79 Å². The molecule has 2 saturated heterocycles. The van der Waals surface area contributed by atoms with Gasteiger partial charge in [-0.25, -0.2) is 0 Å². The molecule has 1 aromatic rings. The van der Waals surface area contributed by atoms with Gasteiger partial charge in [-0.3, -0.25) is 9.69 Å². The Morgan fingerprint density at radius 1 is 1.19 bits per heavy atom.